The lowest BCUT2D eigenvalue weighted by atomic mass is 10.0. The molecule has 2 saturated carbocycles. The fraction of sp³-hybridized carbons (Fsp3) is 0.500. The molecule has 0 radical (unpaired) electrons. The number of para-hydroxylation sites is 1. The van der Waals surface area contributed by atoms with Crippen LogP contribution in [0.5, 0.6) is 0 Å². The van der Waals surface area contributed by atoms with Gasteiger partial charge in [-0.1, -0.05) is 18.2 Å². The number of hydrogen-bond acceptors (Lipinski definition) is 2. The van der Waals surface area contributed by atoms with Crippen molar-refractivity contribution in [3.63, 3.8) is 0 Å². The van der Waals surface area contributed by atoms with E-state index in [-0.39, 0.29) is 5.41 Å². The third kappa shape index (κ3) is 2.56. The zero-order chi connectivity index (χ0) is 14.3. The summed E-state index contributed by atoms with van der Waals surface area (Å²) < 4.78 is 2.38. The summed E-state index contributed by atoms with van der Waals surface area (Å²) in [5, 5.41) is 14.0. The summed E-state index contributed by atoms with van der Waals surface area (Å²) in [5.41, 5.74) is 2.96. The van der Waals surface area contributed by atoms with Gasteiger partial charge in [-0.05, 0) is 37.3 Å². The van der Waals surface area contributed by atoms with Crippen LogP contribution in [-0.4, -0.2) is 10.6 Å². The van der Waals surface area contributed by atoms with E-state index in [0.29, 0.717) is 6.42 Å². The zero-order valence-corrected chi connectivity index (χ0v) is 12.3. The molecule has 0 spiro atoms. The van der Waals surface area contributed by atoms with Gasteiger partial charge in [-0.25, -0.2) is 0 Å². The summed E-state index contributed by atoms with van der Waals surface area (Å²) in [5.74, 6) is 0. The van der Waals surface area contributed by atoms with E-state index in [4.69, 9.17) is 5.26 Å². The molecule has 2 aromatic rings. The smallest absolute Gasteiger partial charge is 0.0628 e. The summed E-state index contributed by atoms with van der Waals surface area (Å²) in [6, 6.07) is 11.8. The Bertz CT molecular complexity index is 699. The second-order valence-electron chi connectivity index (χ2n) is 6.79. The Morgan fingerprint density at radius 1 is 1.29 bits per heavy atom. The van der Waals surface area contributed by atoms with Crippen molar-refractivity contribution in [2.45, 2.75) is 51.2 Å². The average molecular weight is 279 g/mol. The van der Waals surface area contributed by atoms with Crippen molar-refractivity contribution in [2.24, 2.45) is 5.41 Å². The van der Waals surface area contributed by atoms with Gasteiger partial charge in [0.25, 0.3) is 0 Å². The fourth-order valence-corrected chi connectivity index (χ4v) is 3.23. The molecule has 0 amide bonds. The van der Waals surface area contributed by atoms with E-state index >= 15 is 0 Å². The Labute approximate surface area is 125 Å². The van der Waals surface area contributed by atoms with Gasteiger partial charge in [0.05, 0.1) is 6.07 Å². The van der Waals surface area contributed by atoms with Gasteiger partial charge in [0.2, 0.25) is 0 Å². The van der Waals surface area contributed by atoms with Crippen molar-refractivity contribution in [1.29, 1.82) is 5.26 Å². The first-order chi connectivity index (χ1) is 10.3. The van der Waals surface area contributed by atoms with E-state index in [0.717, 1.165) is 19.1 Å². The van der Waals surface area contributed by atoms with Gasteiger partial charge in [0.15, 0.2) is 0 Å². The molecule has 0 unspecified atom stereocenters. The van der Waals surface area contributed by atoms with Crippen molar-refractivity contribution in [2.75, 3.05) is 0 Å². The van der Waals surface area contributed by atoms with E-state index < -0.39 is 0 Å². The number of rotatable bonds is 6. The molecule has 3 nitrogen and oxygen atoms in total. The highest BCUT2D eigenvalue weighted by Crippen LogP contribution is 2.50. The first-order valence-corrected chi connectivity index (χ1v) is 7.97. The maximum atomic E-state index is 9.02. The van der Waals surface area contributed by atoms with Crippen LogP contribution < -0.4 is 5.32 Å². The molecule has 2 fully saturated rings. The molecule has 108 valence electrons. The van der Waals surface area contributed by atoms with Gasteiger partial charge >= 0.3 is 0 Å². The SMILES string of the molecule is N#CCC1(Cn2cc(CNC3CC3)c3ccccc32)CC1. The van der Waals surface area contributed by atoms with E-state index in [1.165, 1.54) is 42.1 Å². The lowest BCUT2D eigenvalue weighted by Gasteiger charge is -2.13. The van der Waals surface area contributed by atoms with Crippen LogP contribution in [0.1, 0.15) is 37.7 Å². The highest BCUT2D eigenvalue weighted by Gasteiger charge is 2.42. The average Bonchev–Trinajstić information content (AvgIpc) is 3.40. The Morgan fingerprint density at radius 2 is 2.10 bits per heavy atom. The molecule has 0 bridgehead atoms. The van der Waals surface area contributed by atoms with E-state index in [9.17, 15) is 0 Å². The van der Waals surface area contributed by atoms with Crippen LogP contribution in [0.15, 0.2) is 30.5 Å². The predicted octanol–water partition coefficient (Wildman–Crippen LogP) is 3.59. The molecular weight excluding hydrogens is 258 g/mol. The minimum absolute atomic E-state index is 0.248. The van der Waals surface area contributed by atoms with Crippen molar-refractivity contribution < 1.29 is 0 Å². The molecule has 3 heteroatoms. The first-order valence-electron chi connectivity index (χ1n) is 7.97. The van der Waals surface area contributed by atoms with Gasteiger partial charge in [-0.15, -0.1) is 0 Å². The summed E-state index contributed by atoms with van der Waals surface area (Å²) in [7, 11) is 0. The summed E-state index contributed by atoms with van der Waals surface area (Å²) >= 11 is 0. The number of nitrogens with zero attached hydrogens (tertiary/aromatic N) is 2. The van der Waals surface area contributed by atoms with E-state index in [1.807, 2.05) is 0 Å². The quantitative estimate of drug-likeness (QED) is 0.878. The number of fused-ring (bicyclic) bond motifs is 1. The monoisotopic (exact) mass is 279 g/mol. The van der Waals surface area contributed by atoms with Crippen LogP contribution in [-0.2, 0) is 13.1 Å². The van der Waals surface area contributed by atoms with Crippen LogP contribution in [0.3, 0.4) is 0 Å². The van der Waals surface area contributed by atoms with Gasteiger partial charge in [-0.2, -0.15) is 5.26 Å². The van der Waals surface area contributed by atoms with Crippen molar-refractivity contribution in [3.8, 4) is 6.07 Å². The van der Waals surface area contributed by atoms with E-state index in [2.05, 4.69) is 46.4 Å². The minimum atomic E-state index is 0.248. The molecule has 1 N–H and O–H groups in total. The lowest BCUT2D eigenvalue weighted by molar-refractivity contribution is 0.439. The molecule has 4 rings (SSSR count). The molecule has 0 aliphatic heterocycles. The predicted molar refractivity (Wildman–Crippen MR) is 83.7 cm³/mol. The van der Waals surface area contributed by atoms with Crippen LogP contribution in [0.2, 0.25) is 0 Å². The standard InChI is InChI=1S/C18H21N3/c19-10-9-18(7-8-18)13-21-12-14(11-20-15-5-6-15)16-3-1-2-4-17(16)21/h1-4,12,15,20H,5-9,11,13H2. The van der Waals surface area contributed by atoms with Gasteiger partial charge in [0.1, 0.15) is 0 Å². The normalized spacial score (nSPS) is 19.6. The van der Waals surface area contributed by atoms with Gasteiger partial charge in [0, 0.05) is 48.1 Å². The first kappa shape index (κ1) is 12.9. The van der Waals surface area contributed by atoms with Gasteiger partial charge in [-0.3, -0.25) is 0 Å². The lowest BCUT2D eigenvalue weighted by Crippen LogP contribution is -2.15. The Hall–Kier alpha value is -1.79. The molecular formula is C18H21N3. The number of hydrogen-bond donors (Lipinski definition) is 1. The molecule has 0 saturated heterocycles. The summed E-state index contributed by atoms with van der Waals surface area (Å²) in [4.78, 5) is 0. The van der Waals surface area contributed by atoms with Crippen LogP contribution in [0, 0.1) is 16.7 Å². The second kappa shape index (κ2) is 4.89. The fourth-order valence-electron chi connectivity index (χ4n) is 3.23. The molecule has 1 aromatic heterocycles. The van der Waals surface area contributed by atoms with Crippen molar-refractivity contribution in [1.82, 2.24) is 9.88 Å². The Balaban J connectivity index is 1.63. The van der Waals surface area contributed by atoms with Crippen LogP contribution in [0.25, 0.3) is 10.9 Å². The third-order valence-corrected chi connectivity index (χ3v) is 4.95. The molecule has 2 aliphatic carbocycles. The maximum Gasteiger partial charge on any atom is 0.0628 e. The molecule has 0 atom stereocenters. The number of aromatic nitrogens is 1. The van der Waals surface area contributed by atoms with Gasteiger partial charge < -0.3 is 9.88 Å². The van der Waals surface area contributed by atoms with Crippen LogP contribution in [0.4, 0.5) is 0 Å². The van der Waals surface area contributed by atoms with Crippen molar-refractivity contribution in [3.05, 3.63) is 36.0 Å². The number of nitriles is 1. The van der Waals surface area contributed by atoms with E-state index in [1.54, 1.807) is 0 Å². The summed E-state index contributed by atoms with van der Waals surface area (Å²) in [6.45, 7) is 1.95. The Kier molecular flexibility index (Phi) is 3.01. The Morgan fingerprint density at radius 3 is 2.81 bits per heavy atom. The topological polar surface area (TPSA) is 40.8 Å². The van der Waals surface area contributed by atoms with Crippen molar-refractivity contribution >= 4 is 10.9 Å². The minimum Gasteiger partial charge on any atom is -0.347 e. The second-order valence-corrected chi connectivity index (χ2v) is 6.79. The molecule has 2 aliphatic rings. The maximum absolute atomic E-state index is 9.02. The molecule has 1 aromatic carbocycles. The third-order valence-electron chi connectivity index (χ3n) is 4.95. The zero-order valence-electron chi connectivity index (χ0n) is 12.3. The number of benzene rings is 1. The molecule has 21 heavy (non-hydrogen) atoms. The highest BCUT2D eigenvalue weighted by molar-refractivity contribution is 5.84. The summed E-state index contributed by atoms with van der Waals surface area (Å²) in [6.07, 6.45) is 8.03. The number of nitrogens with one attached hydrogen (secondary N) is 1. The molecule has 1 heterocycles. The van der Waals surface area contributed by atoms with Crippen LogP contribution >= 0.6 is 0 Å². The largest absolute Gasteiger partial charge is 0.347 e. The highest BCUT2D eigenvalue weighted by atomic mass is 15.0.